The van der Waals surface area contributed by atoms with E-state index in [0.29, 0.717) is 11.4 Å². The van der Waals surface area contributed by atoms with Gasteiger partial charge in [-0.15, -0.1) is 0 Å². The van der Waals surface area contributed by atoms with Gasteiger partial charge in [-0.1, -0.05) is 63.2 Å². The predicted octanol–water partition coefficient (Wildman–Crippen LogP) is 1.43. The summed E-state index contributed by atoms with van der Waals surface area (Å²) in [5, 5.41) is 20.4. The number of nitrogens with one attached hydrogen (secondary N) is 4. The first-order valence-corrected chi connectivity index (χ1v) is 24.8. The van der Waals surface area contributed by atoms with Crippen LogP contribution in [0.25, 0.3) is 11.3 Å². The van der Waals surface area contributed by atoms with Gasteiger partial charge >= 0.3 is 6.03 Å². The van der Waals surface area contributed by atoms with Gasteiger partial charge < -0.3 is 53.0 Å². The number of amides is 10. The van der Waals surface area contributed by atoms with Crippen LogP contribution in [-0.2, 0) is 51.3 Å². The van der Waals surface area contributed by atoms with E-state index >= 15 is 4.39 Å². The van der Waals surface area contributed by atoms with E-state index in [2.05, 4.69) is 21.3 Å². The van der Waals surface area contributed by atoms with Crippen molar-refractivity contribution in [2.45, 2.75) is 90.5 Å². The van der Waals surface area contributed by atoms with E-state index in [-0.39, 0.29) is 88.3 Å². The maximum absolute atomic E-state index is 15.2. The highest BCUT2D eigenvalue weighted by molar-refractivity contribution is 6.13. The van der Waals surface area contributed by atoms with Crippen LogP contribution in [0.4, 0.5) is 19.3 Å². The third-order valence-electron chi connectivity index (χ3n) is 12.4. The summed E-state index contributed by atoms with van der Waals surface area (Å²) in [5.41, 5.74) is 18.1. The molecule has 0 saturated carbocycles. The summed E-state index contributed by atoms with van der Waals surface area (Å²) >= 11 is 0. The Morgan fingerprint density at radius 1 is 0.818 bits per heavy atom. The Balaban J connectivity index is 1.23. The Labute approximate surface area is 443 Å². The SMILES string of the molecule is C[C@H](NC(=O)CCNC(=O)[C@@H](N)CCN(C(=O)CO)[C@@H](c1nc(-c2cc(F)ccc2F)cn1Cc1ccccc1)C(C)(C)C)C(=O)N(c1ccc(CC(=O)NCCN2C(=O)C=CC2=O)cc1)[C@@H](CCCNC(N)=O)C(N)=O. The number of urea groups is 1. The lowest BCUT2D eigenvalue weighted by Gasteiger charge is -2.40. The average Bonchev–Trinajstić information content (AvgIpc) is 3.93. The molecule has 0 bridgehead atoms. The van der Waals surface area contributed by atoms with Crippen molar-refractivity contribution < 1.29 is 57.0 Å². The molecule has 0 unspecified atom stereocenters. The van der Waals surface area contributed by atoms with Crippen LogP contribution in [0.1, 0.15) is 76.4 Å². The molecule has 0 radical (unpaired) electrons. The van der Waals surface area contributed by atoms with Crippen molar-refractivity contribution in [1.29, 1.82) is 0 Å². The Hall–Kier alpha value is -8.38. The van der Waals surface area contributed by atoms with Gasteiger partial charge in [0.1, 0.15) is 36.1 Å². The van der Waals surface area contributed by atoms with Gasteiger partial charge in [0, 0.05) is 75.3 Å². The molecule has 24 heteroatoms. The fraction of sp³-hybridized carbons (Fsp3) is 0.396. The summed E-state index contributed by atoms with van der Waals surface area (Å²) in [6.07, 6.45) is 3.40. The fourth-order valence-electron chi connectivity index (χ4n) is 8.63. The van der Waals surface area contributed by atoms with E-state index in [4.69, 9.17) is 22.2 Å². The Morgan fingerprint density at radius 2 is 1.49 bits per heavy atom. The topological polar surface area (TPSA) is 328 Å². The number of imidazole rings is 1. The van der Waals surface area contributed by atoms with E-state index in [1.807, 2.05) is 51.1 Å². The summed E-state index contributed by atoms with van der Waals surface area (Å²) in [6.45, 7) is 5.86. The molecular formula is C53H66F2N12O10. The number of nitrogens with zero attached hydrogens (tertiary/aromatic N) is 5. The lowest BCUT2D eigenvalue weighted by Crippen LogP contribution is -2.55. The standard InChI is InChI=1S/C53H66F2N12O10/c1-32(51(76)67(41(48(57)74)11-8-22-61-52(58)77)36-15-12-33(13-16-36)27-43(70)59-24-26-65-44(71)18-19-45(65)72)62-42(69)20-23-60-50(75)39(56)21-25-66(46(73)31-68)47(53(2,3)4)49-63-40(37-28-35(54)14-17-38(37)55)30-64(49)29-34-9-6-5-7-10-34/h5-7,9-10,12-19,28,30,32,39,41,47,68H,8,11,20-27,29,31,56H2,1-4H3,(H2,57,74)(H,59,70)(H,60,75)(H,62,69)(H3,58,61,77)/t32-,39-,41-,47-/m0/s1. The van der Waals surface area contributed by atoms with Crippen LogP contribution in [0, 0.1) is 17.0 Å². The molecule has 0 saturated heterocycles. The van der Waals surface area contributed by atoms with E-state index in [9.17, 15) is 52.6 Å². The average molecular weight is 1070 g/mol. The van der Waals surface area contributed by atoms with Gasteiger partial charge in [0.15, 0.2) is 0 Å². The second kappa shape index (κ2) is 27.4. The minimum Gasteiger partial charge on any atom is -0.387 e. The van der Waals surface area contributed by atoms with Gasteiger partial charge in [-0.2, -0.15) is 0 Å². The highest BCUT2D eigenvalue weighted by Gasteiger charge is 2.39. The summed E-state index contributed by atoms with van der Waals surface area (Å²) in [5.74, 6) is -6.22. The number of aliphatic hydroxyl groups is 1. The van der Waals surface area contributed by atoms with Crippen LogP contribution < -0.4 is 43.4 Å². The molecule has 2 heterocycles. The maximum atomic E-state index is 15.2. The number of carbonyl (C=O) groups is 9. The third-order valence-corrected chi connectivity index (χ3v) is 12.4. The van der Waals surface area contributed by atoms with Gasteiger partial charge in [-0.3, -0.25) is 48.2 Å². The zero-order chi connectivity index (χ0) is 56.6. The monoisotopic (exact) mass is 1070 g/mol. The number of halogens is 2. The van der Waals surface area contributed by atoms with Gasteiger partial charge in [0.25, 0.3) is 11.8 Å². The minimum absolute atomic E-state index is 0.0138. The van der Waals surface area contributed by atoms with Crippen LogP contribution in [0.2, 0.25) is 0 Å². The first kappa shape index (κ1) is 59.5. The quantitative estimate of drug-likeness (QED) is 0.0311. The van der Waals surface area contributed by atoms with Gasteiger partial charge in [-0.25, -0.2) is 18.6 Å². The minimum atomic E-state index is -1.28. The number of rotatable bonds is 27. The lowest BCUT2D eigenvalue weighted by molar-refractivity contribution is -0.140. The molecule has 4 aromatic rings. The molecule has 1 aliphatic heterocycles. The molecule has 0 aliphatic carbocycles. The first-order chi connectivity index (χ1) is 36.5. The van der Waals surface area contributed by atoms with E-state index in [0.717, 1.165) is 45.7 Å². The molecule has 0 spiro atoms. The van der Waals surface area contributed by atoms with Crippen molar-refractivity contribution >= 4 is 59.0 Å². The number of carbonyl (C=O) groups excluding carboxylic acids is 9. The van der Waals surface area contributed by atoms with Crippen LogP contribution in [-0.4, -0.2) is 135 Å². The summed E-state index contributed by atoms with van der Waals surface area (Å²) < 4.78 is 31.3. The summed E-state index contributed by atoms with van der Waals surface area (Å²) in [4.78, 5) is 123. The Kier molecular flexibility index (Phi) is 21.2. The van der Waals surface area contributed by atoms with Gasteiger partial charge in [0.05, 0.1) is 24.2 Å². The number of benzene rings is 3. The number of aromatic nitrogens is 2. The molecule has 5 rings (SSSR count). The van der Waals surface area contributed by atoms with Crippen LogP contribution in [0.3, 0.4) is 0 Å². The zero-order valence-corrected chi connectivity index (χ0v) is 43.3. The number of primary amides is 2. The largest absolute Gasteiger partial charge is 0.387 e. The molecule has 0 fully saturated rings. The Morgan fingerprint density at radius 3 is 2.12 bits per heavy atom. The number of hydrogen-bond donors (Lipinski definition) is 8. The van der Waals surface area contributed by atoms with Gasteiger partial charge in [-0.05, 0) is 73.1 Å². The van der Waals surface area contributed by atoms with Gasteiger partial charge in [0.2, 0.25) is 35.4 Å². The third kappa shape index (κ3) is 16.8. The second-order valence-electron chi connectivity index (χ2n) is 19.4. The van der Waals surface area contributed by atoms with Crippen molar-refractivity contribution in [1.82, 2.24) is 40.6 Å². The van der Waals surface area contributed by atoms with Crippen molar-refractivity contribution in [3.05, 3.63) is 120 Å². The number of hydrogen-bond acceptors (Lipinski definition) is 12. The van der Waals surface area contributed by atoms with E-state index < -0.39 is 101 Å². The molecule has 3 aromatic carbocycles. The van der Waals surface area contributed by atoms with Crippen LogP contribution >= 0.6 is 0 Å². The number of anilines is 1. The molecular weight excluding hydrogens is 1000 g/mol. The summed E-state index contributed by atoms with van der Waals surface area (Å²) in [6, 6.07) is 12.8. The molecule has 1 aromatic heterocycles. The van der Waals surface area contributed by atoms with E-state index in [1.165, 1.54) is 24.0 Å². The second-order valence-corrected chi connectivity index (χ2v) is 19.4. The molecule has 10 amide bonds. The number of imide groups is 1. The molecule has 11 N–H and O–H groups in total. The van der Waals surface area contributed by atoms with Crippen molar-refractivity contribution in [2.24, 2.45) is 22.6 Å². The molecule has 1 aliphatic rings. The predicted molar refractivity (Wildman–Crippen MR) is 278 cm³/mol. The van der Waals surface area contributed by atoms with Crippen LogP contribution in [0.5, 0.6) is 0 Å². The van der Waals surface area contributed by atoms with Crippen molar-refractivity contribution in [3.63, 3.8) is 0 Å². The molecule has 77 heavy (non-hydrogen) atoms. The molecule has 22 nitrogen and oxygen atoms in total. The highest BCUT2D eigenvalue weighted by Crippen LogP contribution is 2.40. The smallest absolute Gasteiger partial charge is 0.312 e. The first-order valence-electron chi connectivity index (χ1n) is 24.8. The fourth-order valence-corrected chi connectivity index (χ4v) is 8.63. The highest BCUT2D eigenvalue weighted by atomic mass is 19.1. The molecule has 412 valence electrons. The lowest BCUT2D eigenvalue weighted by atomic mass is 9.84. The van der Waals surface area contributed by atoms with E-state index in [1.54, 1.807) is 22.9 Å². The number of nitrogens with two attached hydrogens (primary N) is 3. The summed E-state index contributed by atoms with van der Waals surface area (Å²) in [7, 11) is 0. The van der Waals surface area contributed by atoms with Crippen molar-refractivity contribution in [3.8, 4) is 11.3 Å². The number of aliphatic hydroxyl groups excluding tert-OH is 1. The zero-order valence-electron chi connectivity index (χ0n) is 43.3. The Bertz CT molecular complexity index is 2800. The molecule has 4 atom stereocenters. The van der Waals surface area contributed by atoms with Crippen LogP contribution in [0.15, 0.2) is 91.1 Å². The maximum Gasteiger partial charge on any atom is 0.312 e. The normalized spacial score (nSPS) is 13.8. The van der Waals surface area contributed by atoms with Crippen molar-refractivity contribution in [2.75, 3.05) is 44.2 Å².